The topological polar surface area (TPSA) is 70.0 Å². The second-order valence-corrected chi connectivity index (χ2v) is 10.0. The highest BCUT2D eigenvalue weighted by molar-refractivity contribution is 7.17. The van der Waals surface area contributed by atoms with Gasteiger partial charge in [0.15, 0.2) is 5.76 Å². The van der Waals surface area contributed by atoms with Crippen LogP contribution in [0.15, 0.2) is 77.4 Å². The highest BCUT2D eigenvalue weighted by Gasteiger charge is 2.32. The summed E-state index contributed by atoms with van der Waals surface area (Å²) in [6, 6.07) is 22.8. The van der Waals surface area contributed by atoms with Gasteiger partial charge >= 0.3 is 0 Å². The minimum atomic E-state index is -0.0608. The number of aromatic nitrogens is 3. The summed E-state index contributed by atoms with van der Waals surface area (Å²) in [4.78, 5) is 11.1. The fourth-order valence-electron chi connectivity index (χ4n) is 4.83. The molecule has 1 fully saturated rings. The lowest BCUT2D eigenvalue weighted by atomic mass is 10.0. The molecule has 0 bridgehead atoms. The van der Waals surface area contributed by atoms with E-state index in [0.717, 1.165) is 37.6 Å². The van der Waals surface area contributed by atoms with Gasteiger partial charge in [0, 0.05) is 32.7 Å². The fourth-order valence-corrected chi connectivity index (χ4v) is 5.95. The van der Waals surface area contributed by atoms with E-state index in [-0.39, 0.29) is 11.9 Å². The Balaban J connectivity index is 1.30. The third-order valence-corrected chi connectivity index (χ3v) is 7.64. The molecule has 1 saturated heterocycles. The minimum absolute atomic E-state index is 0.0608. The molecule has 7 nitrogen and oxygen atoms in total. The predicted molar refractivity (Wildman–Crippen MR) is 137 cm³/mol. The molecule has 6 rings (SSSR count). The van der Waals surface area contributed by atoms with Crippen molar-refractivity contribution in [2.75, 3.05) is 26.2 Å². The van der Waals surface area contributed by atoms with Crippen LogP contribution in [0.2, 0.25) is 0 Å². The largest absolute Gasteiger partial charge is 0.492 e. The number of benzene rings is 2. The summed E-state index contributed by atoms with van der Waals surface area (Å²) in [5.41, 5.74) is 3.72. The number of piperazine rings is 1. The summed E-state index contributed by atoms with van der Waals surface area (Å²) in [5.74, 6) is 1.21. The normalized spacial score (nSPS) is 16.1. The number of hydrogen-bond donors (Lipinski definition) is 1. The summed E-state index contributed by atoms with van der Waals surface area (Å²) in [6.07, 6.45) is 1.60. The first kappa shape index (κ1) is 22.0. The molecule has 4 heterocycles. The predicted octanol–water partition coefficient (Wildman–Crippen LogP) is 4.97. The number of aryl methyl sites for hydroxylation is 1. The first-order valence-electron chi connectivity index (χ1n) is 11.8. The zero-order valence-corrected chi connectivity index (χ0v) is 20.4. The van der Waals surface area contributed by atoms with Gasteiger partial charge in [-0.1, -0.05) is 71.5 Å². The van der Waals surface area contributed by atoms with E-state index >= 15 is 0 Å². The second-order valence-electron chi connectivity index (χ2n) is 9.01. The van der Waals surface area contributed by atoms with Crippen LogP contribution in [-0.2, 0) is 6.54 Å². The van der Waals surface area contributed by atoms with Crippen molar-refractivity contribution >= 4 is 16.3 Å². The van der Waals surface area contributed by atoms with Crippen LogP contribution in [0.3, 0.4) is 0 Å². The number of nitrogens with zero attached hydrogens (tertiary/aromatic N) is 5. The molecule has 0 amide bonds. The van der Waals surface area contributed by atoms with Crippen molar-refractivity contribution in [2.24, 2.45) is 0 Å². The maximum Gasteiger partial charge on any atom is 0.230 e. The standard InChI is InChI=1S/C27H27N5O2S/c1-19-7-5-10-21(17-19)23(31-14-12-30(13-15-31)18-20-8-3-2-4-9-20)24-26(33)32-27(35-24)28-25(29-32)22-11-6-16-34-22/h2-11,16-17,23,33H,12-15,18H2,1H3/t23-/m0/s1. The van der Waals surface area contributed by atoms with E-state index < -0.39 is 0 Å². The quantitative estimate of drug-likeness (QED) is 0.366. The van der Waals surface area contributed by atoms with Crippen molar-refractivity contribution in [1.29, 1.82) is 0 Å². The number of rotatable bonds is 6. The Bertz CT molecular complexity index is 1420. The number of aromatic hydroxyl groups is 1. The van der Waals surface area contributed by atoms with Gasteiger partial charge in [0.1, 0.15) is 0 Å². The zero-order valence-electron chi connectivity index (χ0n) is 19.5. The summed E-state index contributed by atoms with van der Waals surface area (Å²) in [7, 11) is 0. The Hall–Kier alpha value is -3.46. The maximum atomic E-state index is 11.3. The van der Waals surface area contributed by atoms with Gasteiger partial charge in [-0.3, -0.25) is 9.80 Å². The van der Waals surface area contributed by atoms with Crippen LogP contribution in [-0.4, -0.2) is 55.7 Å². The molecule has 0 unspecified atom stereocenters. The van der Waals surface area contributed by atoms with E-state index in [1.807, 2.05) is 6.07 Å². The lowest BCUT2D eigenvalue weighted by Gasteiger charge is -2.39. The maximum absolute atomic E-state index is 11.3. The molecule has 1 aliphatic heterocycles. The molecule has 1 N–H and O–H groups in total. The van der Waals surface area contributed by atoms with Gasteiger partial charge in [-0.05, 0) is 30.2 Å². The van der Waals surface area contributed by atoms with Gasteiger partial charge in [0.05, 0.1) is 17.2 Å². The van der Waals surface area contributed by atoms with Crippen molar-refractivity contribution in [3.63, 3.8) is 0 Å². The van der Waals surface area contributed by atoms with Crippen LogP contribution < -0.4 is 0 Å². The average molecular weight is 486 g/mol. The van der Waals surface area contributed by atoms with Crippen molar-refractivity contribution in [3.8, 4) is 17.5 Å². The van der Waals surface area contributed by atoms with E-state index in [0.29, 0.717) is 16.5 Å². The van der Waals surface area contributed by atoms with E-state index in [1.165, 1.54) is 32.5 Å². The highest BCUT2D eigenvalue weighted by atomic mass is 32.1. The molecular weight excluding hydrogens is 458 g/mol. The molecule has 0 saturated carbocycles. The van der Waals surface area contributed by atoms with Gasteiger partial charge in [0.2, 0.25) is 16.7 Å². The monoisotopic (exact) mass is 485 g/mol. The smallest absolute Gasteiger partial charge is 0.230 e. The second kappa shape index (κ2) is 9.30. The number of fused-ring (bicyclic) bond motifs is 1. The van der Waals surface area contributed by atoms with Crippen molar-refractivity contribution in [1.82, 2.24) is 24.4 Å². The lowest BCUT2D eigenvalue weighted by Crippen LogP contribution is -2.47. The summed E-state index contributed by atoms with van der Waals surface area (Å²) in [5, 5.41) is 15.8. The zero-order chi connectivity index (χ0) is 23.8. The average Bonchev–Trinajstić information content (AvgIpc) is 3.60. The van der Waals surface area contributed by atoms with Crippen LogP contribution in [0.5, 0.6) is 5.88 Å². The van der Waals surface area contributed by atoms with Crippen LogP contribution in [0.4, 0.5) is 0 Å². The molecule has 0 aliphatic carbocycles. The minimum Gasteiger partial charge on any atom is -0.492 e. The first-order chi connectivity index (χ1) is 17.2. The molecule has 2 aromatic carbocycles. The van der Waals surface area contributed by atoms with Gasteiger partial charge in [-0.15, -0.1) is 5.10 Å². The Morgan fingerprint density at radius 1 is 1.00 bits per heavy atom. The number of hydrogen-bond acceptors (Lipinski definition) is 7. The molecule has 5 aromatic rings. The molecule has 1 atom stereocenters. The molecule has 35 heavy (non-hydrogen) atoms. The third-order valence-electron chi connectivity index (χ3n) is 6.57. The SMILES string of the molecule is Cc1cccc([C@@H](c2sc3nc(-c4ccco4)nn3c2O)N2CCN(Cc3ccccc3)CC2)c1. The summed E-state index contributed by atoms with van der Waals surface area (Å²) in [6.45, 7) is 6.84. The lowest BCUT2D eigenvalue weighted by molar-refractivity contribution is 0.105. The third kappa shape index (κ3) is 4.36. The van der Waals surface area contributed by atoms with E-state index in [2.05, 4.69) is 81.4 Å². The van der Waals surface area contributed by atoms with Crippen molar-refractivity contribution in [3.05, 3.63) is 94.6 Å². The van der Waals surface area contributed by atoms with Gasteiger partial charge < -0.3 is 9.52 Å². The highest BCUT2D eigenvalue weighted by Crippen LogP contribution is 2.41. The van der Waals surface area contributed by atoms with Gasteiger partial charge in [-0.25, -0.2) is 0 Å². The molecular formula is C27H27N5O2S. The molecule has 0 spiro atoms. The van der Waals surface area contributed by atoms with Crippen LogP contribution in [0.25, 0.3) is 16.5 Å². The molecule has 178 valence electrons. The Labute approximate surface area is 207 Å². The summed E-state index contributed by atoms with van der Waals surface area (Å²) >= 11 is 1.49. The number of thiazole rings is 1. The van der Waals surface area contributed by atoms with Crippen molar-refractivity contribution in [2.45, 2.75) is 19.5 Å². The van der Waals surface area contributed by atoms with Gasteiger partial charge in [-0.2, -0.15) is 9.50 Å². The van der Waals surface area contributed by atoms with Gasteiger partial charge in [0.25, 0.3) is 0 Å². The Morgan fingerprint density at radius 2 is 1.83 bits per heavy atom. The Kier molecular flexibility index (Phi) is 5.85. The van der Waals surface area contributed by atoms with E-state index in [9.17, 15) is 5.11 Å². The fraction of sp³-hybridized carbons (Fsp3) is 0.259. The van der Waals surface area contributed by atoms with Crippen LogP contribution in [0.1, 0.15) is 27.6 Å². The van der Waals surface area contributed by atoms with E-state index in [4.69, 9.17) is 4.42 Å². The Morgan fingerprint density at radius 3 is 2.54 bits per heavy atom. The van der Waals surface area contributed by atoms with Crippen LogP contribution in [0, 0.1) is 6.92 Å². The summed E-state index contributed by atoms with van der Waals surface area (Å²) < 4.78 is 6.97. The molecule has 1 aliphatic rings. The van der Waals surface area contributed by atoms with E-state index in [1.54, 1.807) is 12.3 Å². The van der Waals surface area contributed by atoms with Crippen LogP contribution >= 0.6 is 11.3 Å². The molecule has 8 heteroatoms. The molecule has 3 aromatic heterocycles. The van der Waals surface area contributed by atoms with Crippen molar-refractivity contribution < 1.29 is 9.52 Å². The number of furan rings is 1. The first-order valence-corrected chi connectivity index (χ1v) is 12.7. The molecule has 0 radical (unpaired) electrons.